The molecule has 7 nitrogen and oxygen atoms in total. The van der Waals surface area contributed by atoms with Crippen LogP contribution in [-0.2, 0) is 11.3 Å². The third kappa shape index (κ3) is 3.37. The van der Waals surface area contributed by atoms with Gasteiger partial charge >= 0.3 is 0 Å². The lowest BCUT2D eigenvalue weighted by molar-refractivity contribution is -0.0343. The smallest absolute Gasteiger partial charge is 0.121 e. The molecule has 1 unspecified atom stereocenters. The van der Waals surface area contributed by atoms with E-state index in [0.29, 0.717) is 6.61 Å². The van der Waals surface area contributed by atoms with Gasteiger partial charge in [0, 0.05) is 61.7 Å². The fourth-order valence-electron chi connectivity index (χ4n) is 3.61. The number of fused-ring (bicyclic) bond motifs is 1. The summed E-state index contributed by atoms with van der Waals surface area (Å²) in [6.07, 6.45) is 9.23. The minimum absolute atomic E-state index is 0.0906. The average Bonchev–Trinajstić information content (AvgIpc) is 3.19. The van der Waals surface area contributed by atoms with Crippen molar-refractivity contribution in [3.8, 4) is 11.1 Å². The predicted molar refractivity (Wildman–Crippen MR) is 104 cm³/mol. The Bertz CT molecular complexity index is 1070. The Labute approximate surface area is 162 Å². The number of rotatable bonds is 4. The molecule has 0 aliphatic carbocycles. The minimum Gasteiger partial charge on any atom is -0.369 e. The van der Waals surface area contributed by atoms with Gasteiger partial charge in [-0.25, -0.2) is 4.52 Å². The Hall–Kier alpha value is -3.16. The van der Waals surface area contributed by atoms with Gasteiger partial charge in [-0.15, -0.1) is 5.10 Å². The zero-order valence-electron chi connectivity index (χ0n) is 15.3. The molecular weight excluding hydrogens is 352 g/mol. The van der Waals surface area contributed by atoms with E-state index in [0.717, 1.165) is 42.0 Å². The van der Waals surface area contributed by atoms with Gasteiger partial charge in [-0.3, -0.25) is 14.9 Å². The predicted octanol–water partition coefficient (Wildman–Crippen LogP) is 2.76. The molecule has 4 aromatic rings. The van der Waals surface area contributed by atoms with Gasteiger partial charge in [-0.2, -0.15) is 0 Å². The highest BCUT2D eigenvalue weighted by Crippen LogP contribution is 2.27. The van der Waals surface area contributed by atoms with Gasteiger partial charge in [0.05, 0.1) is 12.1 Å². The van der Waals surface area contributed by atoms with E-state index in [1.54, 1.807) is 12.4 Å². The van der Waals surface area contributed by atoms with E-state index in [-0.39, 0.29) is 6.10 Å². The highest BCUT2D eigenvalue weighted by atomic mass is 16.5. The maximum absolute atomic E-state index is 6.03. The zero-order valence-corrected chi connectivity index (χ0v) is 15.3. The summed E-state index contributed by atoms with van der Waals surface area (Å²) < 4.78 is 7.85. The van der Waals surface area contributed by atoms with E-state index in [1.807, 2.05) is 41.3 Å². The van der Waals surface area contributed by atoms with Gasteiger partial charge < -0.3 is 4.74 Å². The molecule has 0 radical (unpaired) electrons. The molecule has 0 N–H and O–H groups in total. The lowest BCUT2D eigenvalue weighted by atomic mass is 10.1. The molecular formula is C21H20N6O. The normalized spacial score (nSPS) is 17.8. The third-order valence-corrected chi connectivity index (χ3v) is 5.02. The lowest BCUT2D eigenvalue weighted by Gasteiger charge is -2.32. The number of morpholine rings is 1. The van der Waals surface area contributed by atoms with Gasteiger partial charge in [-0.1, -0.05) is 23.4 Å². The third-order valence-electron chi connectivity index (χ3n) is 5.02. The first-order valence-electron chi connectivity index (χ1n) is 9.35. The number of pyridine rings is 3. The van der Waals surface area contributed by atoms with Crippen LogP contribution in [0.1, 0.15) is 17.4 Å². The second kappa shape index (κ2) is 7.46. The maximum Gasteiger partial charge on any atom is 0.121 e. The van der Waals surface area contributed by atoms with Crippen molar-refractivity contribution in [3.63, 3.8) is 0 Å². The van der Waals surface area contributed by atoms with E-state index >= 15 is 0 Å². The Morgan fingerprint density at radius 3 is 2.71 bits per heavy atom. The maximum atomic E-state index is 6.03. The molecule has 1 atom stereocenters. The number of nitrogens with zero attached hydrogens (tertiary/aromatic N) is 6. The Balaban J connectivity index is 1.38. The molecule has 140 valence electrons. The van der Waals surface area contributed by atoms with Crippen LogP contribution < -0.4 is 0 Å². The van der Waals surface area contributed by atoms with E-state index in [1.165, 1.54) is 5.56 Å². The molecule has 4 aromatic heterocycles. The van der Waals surface area contributed by atoms with Crippen molar-refractivity contribution in [2.45, 2.75) is 12.6 Å². The molecule has 1 aliphatic heterocycles. The first kappa shape index (κ1) is 17.0. The molecule has 0 amide bonds. The molecule has 0 aromatic carbocycles. The van der Waals surface area contributed by atoms with Crippen LogP contribution in [0.25, 0.3) is 16.6 Å². The van der Waals surface area contributed by atoms with Crippen LogP contribution in [0.2, 0.25) is 0 Å². The van der Waals surface area contributed by atoms with Crippen LogP contribution in [0, 0.1) is 0 Å². The second-order valence-corrected chi connectivity index (χ2v) is 6.92. The summed E-state index contributed by atoms with van der Waals surface area (Å²) in [4.78, 5) is 10.8. The van der Waals surface area contributed by atoms with Gasteiger partial charge in [0.25, 0.3) is 0 Å². The lowest BCUT2D eigenvalue weighted by Crippen LogP contribution is -2.38. The molecule has 5 rings (SSSR count). The number of hydrogen-bond donors (Lipinski definition) is 0. The van der Waals surface area contributed by atoms with Crippen molar-refractivity contribution in [2.75, 3.05) is 19.7 Å². The van der Waals surface area contributed by atoms with Gasteiger partial charge in [0.15, 0.2) is 0 Å². The summed E-state index contributed by atoms with van der Waals surface area (Å²) in [5.74, 6) is 0. The van der Waals surface area contributed by atoms with Crippen LogP contribution in [0.4, 0.5) is 0 Å². The summed E-state index contributed by atoms with van der Waals surface area (Å²) in [6.45, 7) is 3.22. The number of hydrogen-bond acceptors (Lipinski definition) is 6. The van der Waals surface area contributed by atoms with Gasteiger partial charge in [-0.05, 0) is 23.8 Å². The Morgan fingerprint density at radius 2 is 1.89 bits per heavy atom. The quantitative estimate of drug-likeness (QED) is 0.549. The summed E-state index contributed by atoms with van der Waals surface area (Å²) in [5, 5.41) is 8.76. The molecule has 1 saturated heterocycles. The van der Waals surface area contributed by atoms with Crippen LogP contribution >= 0.6 is 0 Å². The fourth-order valence-corrected chi connectivity index (χ4v) is 3.61. The van der Waals surface area contributed by atoms with Crippen molar-refractivity contribution in [2.24, 2.45) is 0 Å². The summed E-state index contributed by atoms with van der Waals surface area (Å²) in [6, 6.07) is 12.2. The van der Waals surface area contributed by atoms with Crippen LogP contribution in [-0.4, -0.2) is 49.4 Å². The molecule has 28 heavy (non-hydrogen) atoms. The van der Waals surface area contributed by atoms with Crippen LogP contribution in [0.3, 0.4) is 0 Å². The molecule has 7 heteroatoms. The van der Waals surface area contributed by atoms with E-state index in [4.69, 9.17) is 4.74 Å². The standard InChI is InChI=1S/C21H20N6O/c1-3-16(11-22-7-1)13-26-9-10-28-20(15-26)21-19-6-5-18(14-27(19)25-24-21)17-4-2-8-23-12-17/h1-8,11-12,14,20H,9-10,13,15H2. The monoisotopic (exact) mass is 372 g/mol. The molecule has 5 heterocycles. The highest BCUT2D eigenvalue weighted by molar-refractivity contribution is 5.65. The second-order valence-electron chi connectivity index (χ2n) is 6.92. The fraction of sp³-hybridized carbons (Fsp3) is 0.238. The minimum atomic E-state index is -0.0906. The Kier molecular flexibility index (Phi) is 4.52. The summed E-state index contributed by atoms with van der Waals surface area (Å²) >= 11 is 0. The molecule has 0 bridgehead atoms. The van der Waals surface area contributed by atoms with Crippen molar-refractivity contribution in [1.82, 2.24) is 29.7 Å². The Morgan fingerprint density at radius 1 is 1.00 bits per heavy atom. The molecule has 1 aliphatic rings. The van der Waals surface area contributed by atoms with Crippen LogP contribution in [0.5, 0.6) is 0 Å². The van der Waals surface area contributed by atoms with Crippen molar-refractivity contribution < 1.29 is 4.74 Å². The topological polar surface area (TPSA) is 68.4 Å². The van der Waals surface area contributed by atoms with E-state index < -0.39 is 0 Å². The summed E-state index contributed by atoms with van der Waals surface area (Å²) in [5.41, 5.74) is 5.17. The zero-order chi connectivity index (χ0) is 18.8. The van der Waals surface area contributed by atoms with Crippen molar-refractivity contribution >= 4 is 5.52 Å². The van der Waals surface area contributed by atoms with Crippen molar-refractivity contribution in [1.29, 1.82) is 0 Å². The van der Waals surface area contributed by atoms with Crippen LogP contribution in [0.15, 0.2) is 67.4 Å². The van der Waals surface area contributed by atoms with Crippen molar-refractivity contribution in [3.05, 3.63) is 78.6 Å². The SMILES string of the molecule is c1cncc(CN2CCOC(c3nnn4cc(-c5cccnc5)ccc34)C2)c1. The van der Waals surface area contributed by atoms with Gasteiger partial charge in [0.2, 0.25) is 0 Å². The largest absolute Gasteiger partial charge is 0.369 e. The first-order chi connectivity index (χ1) is 13.9. The summed E-state index contributed by atoms with van der Waals surface area (Å²) in [7, 11) is 0. The number of ether oxygens (including phenoxy) is 1. The molecule has 1 fully saturated rings. The molecule has 0 saturated carbocycles. The van der Waals surface area contributed by atoms with E-state index in [2.05, 4.69) is 43.4 Å². The van der Waals surface area contributed by atoms with Gasteiger partial charge in [0.1, 0.15) is 11.8 Å². The highest BCUT2D eigenvalue weighted by Gasteiger charge is 2.26. The van der Waals surface area contributed by atoms with E-state index in [9.17, 15) is 0 Å². The number of aromatic nitrogens is 5. The molecule has 0 spiro atoms. The average molecular weight is 372 g/mol. The first-order valence-corrected chi connectivity index (χ1v) is 9.35.